The van der Waals surface area contributed by atoms with Gasteiger partial charge in [-0.15, -0.1) is 0 Å². The van der Waals surface area contributed by atoms with Crippen molar-refractivity contribution < 1.29 is 70.1 Å². The molecule has 11 heterocycles. The fourth-order valence-electron chi connectivity index (χ4n) is 19.4. The number of hydrogen-bond acceptors (Lipinski definition) is 24. The number of fused-ring (bicyclic) bond motifs is 6. The number of benzene rings is 3. The van der Waals surface area contributed by atoms with Crippen molar-refractivity contribution in [1.82, 2.24) is 78.2 Å². The number of nitrogens with two attached hydrogens (primary N) is 3. The summed E-state index contributed by atoms with van der Waals surface area (Å²) in [5, 5.41) is 54.8. The van der Waals surface area contributed by atoms with Crippen LogP contribution in [-0.2, 0) is 45.5 Å². The van der Waals surface area contributed by atoms with E-state index in [0.29, 0.717) is 94.6 Å². The maximum atomic E-state index is 13.8. The second-order valence-electron chi connectivity index (χ2n) is 37.9. The number of aliphatic hydroxyl groups excluding tert-OH is 5. The number of H-pyrrole nitrogens is 1. The lowest BCUT2D eigenvalue weighted by molar-refractivity contribution is -0.164. The van der Waals surface area contributed by atoms with E-state index in [0.717, 1.165) is 130 Å². The lowest BCUT2D eigenvalue weighted by Crippen LogP contribution is -2.52. The van der Waals surface area contributed by atoms with Gasteiger partial charge >= 0.3 is 12.4 Å². The molecule has 37 heteroatoms. The van der Waals surface area contributed by atoms with Crippen molar-refractivity contribution in [2.45, 2.75) is 260 Å². The van der Waals surface area contributed by atoms with Gasteiger partial charge in [0.05, 0.1) is 70.7 Å². The van der Waals surface area contributed by atoms with Crippen LogP contribution >= 0.6 is 11.6 Å². The van der Waals surface area contributed by atoms with Crippen LogP contribution in [0.2, 0.25) is 5.02 Å². The van der Waals surface area contributed by atoms with E-state index < -0.39 is 86.5 Å². The molecule has 3 aromatic carbocycles. The first-order valence-corrected chi connectivity index (χ1v) is 43.4. The van der Waals surface area contributed by atoms with Crippen molar-refractivity contribution in [2.75, 3.05) is 57.0 Å². The fourth-order valence-corrected chi connectivity index (χ4v) is 19.7. The number of imidazole rings is 3. The summed E-state index contributed by atoms with van der Waals surface area (Å²) in [6, 6.07) is 17.8. The first kappa shape index (κ1) is 89.3. The predicted molar refractivity (Wildman–Crippen MR) is 458 cm³/mol. The van der Waals surface area contributed by atoms with Gasteiger partial charge in [0.25, 0.3) is 5.92 Å². The van der Waals surface area contributed by atoms with Gasteiger partial charge in [-0.25, -0.2) is 53.6 Å². The molecule has 0 radical (unpaired) electrons. The summed E-state index contributed by atoms with van der Waals surface area (Å²) in [5.74, 6) is 0.177. The quantitative estimate of drug-likeness (QED) is 0.0254. The number of aromatic nitrogens is 13. The molecule has 18 rings (SSSR count). The van der Waals surface area contributed by atoms with Crippen LogP contribution in [0.3, 0.4) is 0 Å². The van der Waals surface area contributed by atoms with Gasteiger partial charge in [0.2, 0.25) is 0 Å². The van der Waals surface area contributed by atoms with Crippen LogP contribution in [0.4, 0.5) is 64.0 Å². The van der Waals surface area contributed by atoms with Crippen molar-refractivity contribution in [2.24, 2.45) is 33.7 Å². The number of nitrogen functional groups attached to an aromatic ring is 3. The van der Waals surface area contributed by atoms with Gasteiger partial charge in [-0.2, -0.15) is 26.3 Å². The number of halogens is 9. The molecule has 0 unspecified atom stereocenters. The van der Waals surface area contributed by atoms with Crippen LogP contribution in [0.15, 0.2) is 102 Å². The highest BCUT2D eigenvalue weighted by atomic mass is 35.5. The molecule has 6 fully saturated rings. The third-order valence-electron chi connectivity index (χ3n) is 26.7. The fraction of sp³-hybridized carbons (Fsp3) is 0.580. The van der Waals surface area contributed by atoms with Gasteiger partial charge in [0, 0.05) is 87.1 Å². The molecule has 0 amide bonds. The average Bonchev–Trinajstić information content (AvgIpc) is 1.62. The first-order chi connectivity index (χ1) is 59.1. The lowest BCUT2D eigenvalue weighted by atomic mass is 9.76. The predicted octanol–water partition coefficient (Wildman–Crippen LogP) is 13.5. The molecule has 12 N–H and O–H groups in total. The minimum Gasteiger partial charge on any atom is -0.391 e. The number of aryl methyl sites for hydroxylation is 1. The smallest absolute Gasteiger partial charge is 0.391 e. The van der Waals surface area contributed by atoms with E-state index in [4.69, 9.17) is 48.3 Å². The van der Waals surface area contributed by atoms with Gasteiger partial charge in [0.15, 0.2) is 35.4 Å². The number of aromatic amines is 1. The summed E-state index contributed by atoms with van der Waals surface area (Å²) < 4.78 is 126. The molecule has 28 nitrogen and oxygen atoms in total. The number of rotatable bonds is 24. The number of ether oxygens (including phenoxy) is 2. The molecule has 2 saturated heterocycles. The van der Waals surface area contributed by atoms with E-state index in [1.165, 1.54) is 85.0 Å². The summed E-state index contributed by atoms with van der Waals surface area (Å²) in [7, 11) is 2.18. The lowest BCUT2D eigenvalue weighted by Gasteiger charge is -2.44. The van der Waals surface area contributed by atoms with E-state index in [1.807, 2.05) is 12.3 Å². The third-order valence-corrected chi connectivity index (χ3v) is 27.0. The zero-order valence-electron chi connectivity index (χ0n) is 71.1. The maximum Gasteiger partial charge on any atom is 0.401 e. The summed E-state index contributed by atoms with van der Waals surface area (Å²) in [6.45, 7) is 12.3. The molecule has 0 bridgehead atoms. The van der Waals surface area contributed by atoms with Crippen LogP contribution in [0.1, 0.15) is 184 Å². The minimum absolute atomic E-state index is 0.0114. The van der Waals surface area contributed by atoms with Crippen LogP contribution in [0.25, 0.3) is 44.4 Å². The number of nitrogens with zero attached hydrogens (tertiary/aromatic N) is 17. The Morgan fingerprint density at radius 3 is 1.45 bits per heavy atom. The zero-order chi connectivity index (χ0) is 88.8. The molecule has 11 atom stereocenters. The number of anilines is 3. The second-order valence-corrected chi connectivity index (χ2v) is 38.3. The molecule has 10 aromatic rings. The average molecular weight is 1760 g/mol. The van der Waals surface area contributed by atoms with Crippen molar-refractivity contribution in [3.63, 3.8) is 0 Å². The summed E-state index contributed by atoms with van der Waals surface area (Å²) in [5.41, 5.74) is 30.0. The maximum absolute atomic E-state index is 13.8. The van der Waals surface area contributed by atoms with E-state index in [9.17, 15) is 60.7 Å². The topological polar surface area (TPSA) is 379 Å². The van der Waals surface area contributed by atoms with Crippen LogP contribution in [0.5, 0.6) is 0 Å². The molecular formula is C88H110ClF8N21O7. The molecule has 4 aliphatic heterocycles. The Hall–Kier alpha value is -9.08. The molecule has 4 saturated carbocycles. The number of alkyl halides is 8. The molecule has 125 heavy (non-hydrogen) atoms. The molecular weight excluding hydrogens is 1650 g/mol. The normalized spacial score (nSPS) is 26.9. The van der Waals surface area contributed by atoms with Gasteiger partial charge in [-0.1, -0.05) is 77.4 Å². The third kappa shape index (κ3) is 19.7. The Labute approximate surface area is 722 Å². The van der Waals surface area contributed by atoms with E-state index in [-0.39, 0.29) is 64.3 Å². The molecule has 0 spiro atoms. The highest BCUT2D eigenvalue weighted by Gasteiger charge is 2.51. The monoisotopic (exact) mass is 1760 g/mol. The second kappa shape index (κ2) is 35.2. The zero-order valence-corrected chi connectivity index (χ0v) is 71.9. The number of aliphatic hydroxyl groups is 5. The Balaban J connectivity index is 0.000000139. The van der Waals surface area contributed by atoms with E-state index >= 15 is 0 Å². The molecule has 4 aliphatic carbocycles. The largest absolute Gasteiger partial charge is 0.401 e. The van der Waals surface area contributed by atoms with Gasteiger partial charge in [-0.3, -0.25) is 28.9 Å². The van der Waals surface area contributed by atoms with E-state index in [2.05, 4.69) is 144 Å². The number of aliphatic imine (C=N–C) groups is 2. The molecule has 7 aromatic heterocycles. The Morgan fingerprint density at radius 2 is 0.976 bits per heavy atom. The van der Waals surface area contributed by atoms with E-state index in [1.54, 1.807) is 0 Å². The SMILES string of the molecule is CC(C)(C)c1ccc2c(c1)N=C(CCC1CC(N(C[C@H]3O[C@@H](n4cnc5c(N)ncnc54)[C@H](O)[C@@H]3O)CC(F)(F)F)C1)C2.CC(C)(C)c1ccc2c(c1)N=C(CCC1CC(N(C[C@H]3O[C@@H](n4cnc5c(N)ncnc54)[C@H](O)[C@@H]3O)CC(F)(F)F)C1)C2.CN(C[C@@H]1C[C@@H](O)[C@H](n2ccc3c(N)ncnc32)C1)C1CC(CCc2nc3cc(Cl)c(C(C)(F)F)cc3[nH]2)C1. The standard InChI is InChI=1S/2C30H38F3N7O3.C28H34ClF2N7O/c2*1-29(2,3)18-6-5-17-10-19(38-21(17)11-18)7-4-16-8-20(9-16)39(13-30(31,32)33)12-22-24(41)25(42)28(43-22)40-15-37-23-26(34)35-14-36-27(23)40;1-28(30,31)19-11-21-22(12-20(19)29)36-25(35-21)4-3-15-7-17(8-15)37(2)13-16-9-23(24(39)10-16)38-6-5-18-26(32)33-14-34-27(18)38/h2*5-6,11,14-16,20,22,24-25,28,41-42H,4,7-10,12-13H2,1-3H3,(H2,34,35,36);5-6,11-12,14-17,23-24,39H,3-4,7-10,13H2,1-2H3,(H,35,36)(H2,32,33,34)/t2*16?,20?,22-,24-,25-,28-;15?,16-,17?,23+,24+/m110/s1. The van der Waals surface area contributed by atoms with Crippen molar-refractivity contribution in [3.05, 3.63) is 131 Å². The van der Waals surface area contributed by atoms with Crippen LogP contribution < -0.4 is 17.2 Å². The number of nitrogens with one attached hydrogen (secondary N) is 1. The van der Waals surface area contributed by atoms with Crippen molar-refractivity contribution in [1.29, 1.82) is 0 Å². The summed E-state index contributed by atoms with van der Waals surface area (Å²) in [4.78, 5) is 55.5. The van der Waals surface area contributed by atoms with Crippen molar-refractivity contribution in [3.8, 4) is 0 Å². The minimum atomic E-state index is -4.42. The highest BCUT2D eigenvalue weighted by Crippen LogP contribution is 2.47. The van der Waals surface area contributed by atoms with Gasteiger partial charge in [-0.05, 0) is 178 Å². The Morgan fingerprint density at radius 1 is 0.512 bits per heavy atom. The van der Waals surface area contributed by atoms with Crippen molar-refractivity contribution >= 4 is 96.2 Å². The Kier molecular flexibility index (Phi) is 25.1. The highest BCUT2D eigenvalue weighted by molar-refractivity contribution is 6.32. The summed E-state index contributed by atoms with van der Waals surface area (Å²) in [6.07, 6.45) is 2.81. The molecule has 8 aliphatic rings. The Bertz CT molecular complexity index is 5370. The van der Waals surface area contributed by atoms with Crippen LogP contribution in [0, 0.1) is 23.7 Å². The summed E-state index contributed by atoms with van der Waals surface area (Å²) >= 11 is 6.07. The molecule has 672 valence electrons. The van der Waals surface area contributed by atoms with Gasteiger partial charge in [0.1, 0.15) is 83.9 Å². The number of hydrogen-bond donors (Lipinski definition) is 9. The first-order valence-electron chi connectivity index (χ1n) is 43.0. The van der Waals surface area contributed by atoms with Crippen LogP contribution in [-0.4, -0.2) is 228 Å². The van der Waals surface area contributed by atoms with Gasteiger partial charge < -0.3 is 66.7 Å².